The molecule has 0 saturated carbocycles. The molecule has 1 heterocycles. The number of hydrogen-bond donors (Lipinski definition) is 1. The van der Waals surface area contributed by atoms with E-state index >= 15 is 0 Å². The van der Waals surface area contributed by atoms with E-state index in [2.05, 4.69) is 5.32 Å². The lowest BCUT2D eigenvalue weighted by atomic mass is 10.1. The van der Waals surface area contributed by atoms with Crippen molar-refractivity contribution in [3.8, 4) is 0 Å². The minimum atomic E-state index is -0.482. The summed E-state index contributed by atoms with van der Waals surface area (Å²) in [4.78, 5) is 22.8. The Bertz CT molecular complexity index is 559. The molecule has 1 aliphatic rings. The summed E-state index contributed by atoms with van der Waals surface area (Å²) in [6.07, 6.45) is 0. The summed E-state index contributed by atoms with van der Waals surface area (Å²) >= 11 is 1.40. The van der Waals surface area contributed by atoms with E-state index in [9.17, 15) is 9.59 Å². The minimum Gasteiger partial charge on any atom is -0.462 e. The molecule has 1 aromatic carbocycles. The highest BCUT2D eigenvalue weighted by atomic mass is 32.2. The Morgan fingerprint density at radius 1 is 1.42 bits per heavy atom. The number of benzene rings is 1. The zero-order chi connectivity index (χ0) is 13.7. The van der Waals surface area contributed by atoms with E-state index in [0.29, 0.717) is 21.9 Å². The van der Waals surface area contributed by atoms with Crippen molar-refractivity contribution in [1.29, 1.82) is 0 Å². The van der Waals surface area contributed by atoms with Gasteiger partial charge in [-0.1, -0.05) is 18.2 Å². The van der Waals surface area contributed by atoms with Crippen LogP contribution in [0.25, 0.3) is 0 Å². The molecule has 0 saturated heterocycles. The molecule has 0 aliphatic carbocycles. The number of hydrogen-bond acceptors (Lipinski definition) is 5. The van der Waals surface area contributed by atoms with Gasteiger partial charge in [0.1, 0.15) is 11.5 Å². The summed E-state index contributed by atoms with van der Waals surface area (Å²) in [5.74, 6) is 1.77. The number of nitrogens with one attached hydrogen (secondary N) is 1. The molecule has 0 amide bonds. The molecule has 5 heteroatoms. The Hall–Kier alpha value is -1.97. The third-order valence-electron chi connectivity index (χ3n) is 2.52. The number of carbonyl (C=O) groups is 1. The first-order valence-corrected chi connectivity index (χ1v) is 6.85. The van der Waals surface area contributed by atoms with E-state index in [1.54, 1.807) is 6.92 Å². The van der Waals surface area contributed by atoms with Crippen molar-refractivity contribution in [2.45, 2.75) is 6.92 Å². The number of ether oxygens (including phenoxy) is 1. The van der Waals surface area contributed by atoms with Crippen molar-refractivity contribution in [3.05, 3.63) is 46.5 Å². The average molecular weight is 275 g/mol. The summed E-state index contributed by atoms with van der Waals surface area (Å²) < 4.78 is 4.98. The van der Waals surface area contributed by atoms with Crippen LogP contribution in [-0.2, 0) is 14.3 Å². The highest BCUT2D eigenvalue weighted by Crippen LogP contribution is 2.35. The van der Waals surface area contributed by atoms with Crippen LogP contribution in [0.2, 0.25) is 0 Å². The van der Waals surface area contributed by atoms with Crippen molar-refractivity contribution in [2.24, 2.45) is 0 Å². The molecule has 0 spiro atoms. The van der Waals surface area contributed by atoms with Crippen LogP contribution in [0.5, 0.6) is 0 Å². The van der Waals surface area contributed by atoms with E-state index in [1.807, 2.05) is 36.3 Å². The highest BCUT2D eigenvalue weighted by molar-refractivity contribution is 8.03. The zero-order valence-corrected chi connectivity index (χ0v) is 11.3. The second-order valence-electron chi connectivity index (χ2n) is 3.78. The van der Waals surface area contributed by atoms with E-state index in [1.165, 1.54) is 11.8 Å². The SMILES string of the molecule is CCOC(=O)C1=C(Nc2ccccc2)SCC1=C=O. The Morgan fingerprint density at radius 3 is 2.79 bits per heavy atom. The first-order chi connectivity index (χ1) is 9.26. The van der Waals surface area contributed by atoms with Crippen LogP contribution in [0.15, 0.2) is 46.5 Å². The average Bonchev–Trinajstić information content (AvgIpc) is 2.83. The molecule has 0 bridgehead atoms. The van der Waals surface area contributed by atoms with Gasteiger partial charge in [-0.15, -0.1) is 11.8 Å². The molecular weight excluding hydrogens is 262 g/mol. The Balaban J connectivity index is 2.31. The van der Waals surface area contributed by atoms with Gasteiger partial charge < -0.3 is 10.1 Å². The van der Waals surface area contributed by atoms with E-state index in [-0.39, 0.29) is 6.61 Å². The normalized spacial score (nSPS) is 14.3. The molecule has 0 atom stereocenters. The number of anilines is 1. The monoisotopic (exact) mass is 275 g/mol. The topological polar surface area (TPSA) is 55.4 Å². The largest absolute Gasteiger partial charge is 0.462 e. The van der Waals surface area contributed by atoms with Crippen molar-refractivity contribution in [3.63, 3.8) is 0 Å². The molecule has 1 aliphatic heterocycles. The van der Waals surface area contributed by atoms with Gasteiger partial charge in [0.2, 0.25) is 0 Å². The van der Waals surface area contributed by atoms with Gasteiger partial charge in [-0.3, -0.25) is 0 Å². The zero-order valence-electron chi connectivity index (χ0n) is 10.4. The number of rotatable bonds is 4. The van der Waals surface area contributed by atoms with Crippen molar-refractivity contribution in [2.75, 3.05) is 17.7 Å². The van der Waals surface area contributed by atoms with Gasteiger partial charge in [-0.05, 0) is 19.1 Å². The maximum Gasteiger partial charge on any atom is 0.341 e. The van der Waals surface area contributed by atoms with Gasteiger partial charge in [-0.25, -0.2) is 9.59 Å². The molecule has 0 unspecified atom stereocenters. The van der Waals surface area contributed by atoms with Crippen molar-refractivity contribution < 1.29 is 14.3 Å². The minimum absolute atomic E-state index is 0.276. The Labute approximate surface area is 115 Å². The molecule has 4 nitrogen and oxygen atoms in total. The standard InChI is InChI=1S/C14H13NO3S/c1-2-18-14(17)12-10(8-16)9-19-13(12)15-11-6-4-3-5-7-11/h3-7,15H,2,9H2,1H3. The fourth-order valence-corrected chi connectivity index (χ4v) is 2.71. The summed E-state index contributed by atoms with van der Waals surface area (Å²) in [6, 6.07) is 9.47. The van der Waals surface area contributed by atoms with Gasteiger partial charge in [0.05, 0.1) is 17.2 Å². The fourth-order valence-electron chi connectivity index (χ4n) is 1.68. The summed E-state index contributed by atoms with van der Waals surface area (Å²) in [6.45, 7) is 2.01. The van der Waals surface area contributed by atoms with Gasteiger partial charge in [0.25, 0.3) is 0 Å². The smallest absolute Gasteiger partial charge is 0.341 e. The van der Waals surface area contributed by atoms with Gasteiger partial charge in [0.15, 0.2) is 0 Å². The second-order valence-corrected chi connectivity index (χ2v) is 4.77. The van der Waals surface area contributed by atoms with E-state index < -0.39 is 5.97 Å². The molecule has 19 heavy (non-hydrogen) atoms. The Morgan fingerprint density at radius 2 is 2.16 bits per heavy atom. The quantitative estimate of drug-likeness (QED) is 0.675. The van der Waals surface area contributed by atoms with Crippen LogP contribution in [-0.4, -0.2) is 24.3 Å². The van der Waals surface area contributed by atoms with Crippen molar-refractivity contribution in [1.82, 2.24) is 0 Å². The summed E-state index contributed by atoms with van der Waals surface area (Å²) in [5, 5.41) is 3.78. The lowest BCUT2D eigenvalue weighted by molar-refractivity contribution is -0.138. The maximum absolute atomic E-state index is 11.9. The van der Waals surface area contributed by atoms with Gasteiger partial charge >= 0.3 is 5.97 Å². The van der Waals surface area contributed by atoms with Gasteiger partial charge in [0, 0.05) is 11.4 Å². The molecule has 1 aromatic rings. The summed E-state index contributed by atoms with van der Waals surface area (Å²) in [7, 11) is 0. The first-order valence-electron chi connectivity index (χ1n) is 5.87. The van der Waals surface area contributed by atoms with Crippen LogP contribution < -0.4 is 5.32 Å². The predicted molar refractivity (Wildman–Crippen MR) is 75.4 cm³/mol. The Kier molecular flexibility index (Phi) is 4.44. The first kappa shape index (κ1) is 13.5. The molecular formula is C14H13NO3S. The second kappa shape index (κ2) is 6.27. The number of carbonyl (C=O) groups excluding carboxylic acids is 2. The lowest BCUT2D eigenvalue weighted by Crippen LogP contribution is -2.11. The molecule has 2 rings (SSSR count). The fraction of sp³-hybridized carbons (Fsp3) is 0.214. The van der Waals surface area contributed by atoms with E-state index in [0.717, 1.165) is 5.69 Å². The summed E-state index contributed by atoms with van der Waals surface area (Å²) in [5.41, 5.74) is 1.51. The molecule has 0 aromatic heterocycles. The molecule has 0 radical (unpaired) electrons. The number of thioether (sulfide) groups is 1. The highest BCUT2D eigenvalue weighted by Gasteiger charge is 2.28. The number of esters is 1. The van der Waals surface area contributed by atoms with E-state index in [4.69, 9.17) is 4.74 Å². The predicted octanol–water partition coefficient (Wildman–Crippen LogP) is 2.38. The van der Waals surface area contributed by atoms with Crippen LogP contribution in [0.4, 0.5) is 5.69 Å². The molecule has 0 fully saturated rings. The van der Waals surface area contributed by atoms with Gasteiger partial charge in [-0.2, -0.15) is 0 Å². The molecule has 98 valence electrons. The van der Waals surface area contributed by atoms with Crippen molar-refractivity contribution >= 4 is 29.4 Å². The third kappa shape index (κ3) is 3.08. The van der Waals surface area contributed by atoms with Crippen LogP contribution >= 0.6 is 11.8 Å². The third-order valence-corrected chi connectivity index (χ3v) is 3.55. The van der Waals surface area contributed by atoms with Crippen LogP contribution in [0.3, 0.4) is 0 Å². The van der Waals surface area contributed by atoms with Crippen LogP contribution in [0, 0.1) is 0 Å². The maximum atomic E-state index is 11.9. The number of para-hydroxylation sites is 1. The lowest BCUT2D eigenvalue weighted by Gasteiger charge is -2.08. The van der Waals surface area contributed by atoms with Crippen LogP contribution in [0.1, 0.15) is 6.92 Å². The molecule has 1 N–H and O–H groups in total.